The van der Waals surface area contributed by atoms with Gasteiger partial charge in [0.15, 0.2) is 11.5 Å². The van der Waals surface area contributed by atoms with E-state index in [4.69, 9.17) is 4.52 Å². The van der Waals surface area contributed by atoms with Gasteiger partial charge in [-0.25, -0.2) is 0 Å². The molecule has 1 aliphatic rings. The third-order valence-electron chi connectivity index (χ3n) is 4.03. The van der Waals surface area contributed by atoms with Crippen LogP contribution < -0.4 is 5.32 Å². The Bertz CT molecular complexity index is 733. The summed E-state index contributed by atoms with van der Waals surface area (Å²) in [4.78, 5) is 23.8. The maximum Gasteiger partial charge on any atom is 0.278 e. The Balaban J connectivity index is 1.82. The summed E-state index contributed by atoms with van der Waals surface area (Å²) in [6, 6.07) is 6.87. The zero-order valence-corrected chi connectivity index (χ0v) is 12.7. The largest absolute Gasteiger partial charge is 0.360 e. The minimum absolute atomic E-state index is 0.0382. The lowest BCUT2D eigenvalue weighted by molar-refractivity contribution is 0.100. The van der Waals surface area contributed by atoms with Crippen LogP contribution in [0.15, 0.2) is 28.8 Å². The predicted octanol–water partition coefficient (Wildman–Crippen LogP) is 3.25. The van der Waals surface area contributed by atoms with Gasteiger partial charge in [0.25, 0.3) is 5.91 Å². The van der Waals surface area contributed by atoms with Crippen molar-refractivity contribution in [3.8, 4) is 0 Å². The molecule has 5 heteroatoms. The third-order valence-corrected chi connectivity index (χ3v) is 4.03. The molecule has 0 unspecified atom stereocenters. The highest BCUT2D eigenvalue weighted by Gasteiger charge is 2.26. The van der Waals surface area contributed by atoms with Crippen LogP contribution in [-0.2, 0) is 12.8 Å². The van der Waals surface area contributed by atoms with Gasteiger partial charge >= 0.3 is 0 Å². The second kappa shape index (κ2) is 5.75. The molecule has 0 bridgehead atoms. The first-order chi connectivity index (χ1) is 10.5. The smallest absolute Gasteiger partial charge is 0.278 e. The normalized spacial score (nSPS) is 16.9. The van der Waals surface area contributed by atoms with Crippen LogP contribution in [0.5, 0.6) is 0 Å². The first kappa shape index (κ1) is 14.5. The molecule has 0 aliphatic heterocycles. The van der Waals surface area contributed by atoms with Gasteiger partial charge in [0, 0.05) is 23.2 Å². The van der Waals surface area contributed by atoms with Crippen LogP contribution in [0.2, 0.25) is 0 Å². The van der Waals surface area contributed by atoms with E-state index >= 15 is 0 Å². The third kappa shape index (κ3) is 2.79. The Morgan fingerprint density at radius 3 is 2.95 bits per heavy atom. The number of Topliss-reactive ketones (excluding diaryl/α,β-unsaturated/α-hetero) is 1. The number of nitrogens with one attached hydrogen (secondary N) is 1. The molecule has 1 aromatic heterocycles. The van der Waals surface area contributed by atoms with Gasteiger partial charge in [-0.3, -0.25) is 9.59 Å². The topological polar surface area (TPSA) is 72.2 Å². The Kier molecular flexibility index (Phi) is 3.79. The highest BCUT2D eigenvalue weighted by molar-refractivity contribution is 6.04. The molecule has 114 valence electrons. The van der Waals surface area contributed by atoms with Crippen LogP contribution in [-0.4, -0.2) is 16.8 Å². The van der Waals surface area contributed by atoms with Crippen LogP contribution in [0.3, 0.4) is 0 Å². The lowest BCUT2D eigenvalue weighted by atomic mass is 9.88. The van der Waals surface area contributed by atoms with E-state index in [1.807, 2.05) is 0 Å². The number of fused-ring (bicyclic) bond motifs is 1. The van der Waals surface area contributed by atoms with Crippen molar-refractivity contribution >= 4 is 17.4 Å². The standard InChI is InChI=1S/C17H18N2O3/c1-10-6-7-15-14(8-10)16(19-22-15)17(21)18-13-5-3-4-12(9-13)11(2)20/h3-5,9-10H,6-8H2,1-2H3,(H,18,21)/t10-/m1/s1. The zero-order valence-electron chi connectivity index (χ0n) is 12.7. The Hall–Kier alpha value is -2.43. The monoisotopic (exact) mass is 298 g/mol. The number of anilines is 1. The summed E-state index contributed by atoms with van der Waals surface area (Å²) in [6.07, 6.45) is 2.70. The van der Waals surface area contributed by atoms with Crippen molar-refractivity contribution in [1.29, 1.82) is 0 Å². The number of carbonyl (C=O) groups excluding carboxylic acids is 2. The number of nitrogens with zero attached hydrogens (tertiary/aromatic N) is 1. The Morgan fingerprint density at radius 2 is 2.18 bits per heavy atom. The summed E-state index contributed by atoms with van der Waals surface area (Å²) >= 11 is 0. The van der Waals surface area contributed by atoms with Gasteiger partial charge in [-0.1, -0.05) is 24.2 Å². The SMILES string of the molecule is CC(=O)c1cccc(NC(=O)c2noc3c2C[C@H](C)CC3)c1. The number of hydrogen-bond acceptors (Lipinski definition) is 4. The maximum atomic E-state index is 12.4. The minimum atomic E-state index is -0.292. The summed E-state index contributed by atoms with van der Waals surface area (Å²) in [5, 5.41) is 6.72. The average molecular weight is 298 g/mol. The molecule has 1 N–H and O–H groups in total. The lowest BCUT2D eigenvalue weighted by Gasteiger charge is -2.16. The second-order valence-electron chi connectivity index (χ2n) is 5.87. The number of carbonyl (C=O) groups is 2. The van der Waals surface area contributed by atoms with Crippen LogP contribution in [0, 0.1) is 5.92 Å². The van der Waals surface area contributed by atoms with Gasteiger partial charge in [-0.2, -0.15) is 0 Å². The van der Waals surface area contributed by atoms with E-state index in [0.717, 1.165) is 30.6 Å². The Labute approximate surface area is 128 Å². The molecule has 0 spiro atoms. The second-order valence-corrected chi connectivity index (χ2v) is 5.87. The summed E-state index contributed by atoms with van der Waals surface area (Å²) in [5.41, 5.74) is 2.42. The number of ketones is 1. The minimum Gasteiger partial charge on any atom is -0.360 e. The van der Waals surface area contributed by atoms with Gasteiger partial charge in [0.05, 0.1) is 0 Å². The van der Waals surface area contributed by atoms with Crippen molar-refractivity contribution in [2.24, 2.45) is 5.92 Å². The molecule has 1 heterocycles. The van der Waals surface area contributed by atoms with Crippen LogP contribution in [0.1, 0.15) is 52.4 Å². The molecule has 0 saturated heterocycles. The van der Waals surface area contributed by atoms with Crippen molar-refractivity contribution in [2.45, 2.75) is 33.1 Å². The predicted molar refractivity (Wildman–Crippen MR) is 82.1 cm³/mol. The number of benzene rings is 1. The molecule has 1 aliphatic carbocycles. The molecule has 0 radical (unpaired) electrons. The van der Waals surface area contributed by atoms with E-state index in [0.29, 0.717) is 22.9 Å². The average Bonchev–Trinajstić information content (AvgIpc) is 2.90. The fourth-order valence-corrected chi connectivity index (χ4v) is 2.76. The number of hydrogen-bond donors (Lipinski definition) is 1. The first-order valence-electron chi connectivity index (χ1n) is 7.44. The summed E-state index contributed by atoms with van der Waals surface area (Å²) in [5.74, 6) is 1.02. The highest BCUT2D eigenvalue weighted by Crippen LogP contribution is 2.28. The number of amides is 1. The van der Waals surface area contributed by atoms with Crippen LogP contribution in [0.25, 0.3) is 0 Å². The summed E-state index contributed by atoms with van der Waals surface area (Å²) < 4.78 is 5.29. The van der Waals surface area contributed by atoms with Gasteiger partial charge < -0.3 is 9.84 Å². The van der Waals surface area contributed by atoms with E-state index in [-0.39, 0.29) is 11.7 Å². The van der Waals surface area contributed by atoms with Crippen molar-refractivity contribution in [3.05, 3.63) is 46.8 Å². The highest BCUT2D eigenvalue weighted by atomic mass is 16.5. The van der Waals surface area contributed by atoms with Gasteiger partial charge in [0.1, 0.15) is 5.76 Å². The number of aryl methyl sites for hydroxylation is 1. The van der Waals surface area contributed by atoms with E-state index < -0.39 is 0 Å². The zero-order chi connectivity index (χ0) is 15.7. The molecule has 22 heavy (non-hydrogen) atoms. The molecule has 3 rings (SSSR count). The fourth-order valence-electron chi connectivity index (χ4n) is 2.76. The Morgan fingerprint density at radius 1 is 1.36 bits per heavy atom. The van der Waals surface area contributed by atoms with Crippen molar-refractivity contribution in [1.82, 2.24) is 5.16 Å². The molecular weight excluding hydrogens is 280 g/mol. The molecule has 1 aromatic carbocycles. The van der Waals surface area contributed by atoms with Gasteiger partial charge in [-0.15, -0.1) is 0 Å². The van der Waals surface area contributed by atoms with E-state index in [1.54, 1.807) is 24.3 Å². The van der Waals surface area contributed by atoms with E-state index in [1.165, 1.54) is 6.92 Å². The summed E-state index contributed by atoms with van der Waals surface area (Å²) in [6.45, 7) is 3.66. The van der Waals surface area contributed by atoms with Gasteiger partial charge in [0.2, 0.25) is 0 Å². The van der Waals surface area contributed by atoms with Gasteiger partial charge in [-0.05, 0) is 37.8 Å². The molecule has 2 aromatic rings. The van der Waals surface area contributed by atoms with E-state index in [9.17, 15) is 9.59 Å². The quantitative estimate of drug-likeness (QED) is 0.883. The van der Waals surface area contributed by atoms with Crippen LogP contribution >= 0.6 is 0 Å². The number of rotatable bonds is 3. The van der Waals surface area contributed by atoms with Crippen LogP contribution in [0.4, 0.5) is 5.69 Å². The van der Waals surface area contributed by atoms with Crippen molar-refractivity contribution in [2.75, 3.05) is 5.32 Å². The molecule has 1 atom stereocenters. The molecular formula is C17H18N2O3. The molecule has 0 saturated carbocycles. The molecule has 0 fully saturated rings. The number of aromatic nitrogens is 1. The van der Waals surface area contributed by atoms with Crippen molar-refractivity contribution in [3.63, 3.8) is 0 Å². The maximum absolute atomic E-state index is 12.4. The lowest BCUT2D eigenvalue weighted by Crippen LogP contribution is -2.18. The first-order valence-corrected chi connectivity index (χ1v) is 7.44. The van der Waals surface area contributed by atoms with E-state index in [2.05, 4.69) is 17.4 Å². The fraction of sp³-hybridized carbons (Fsp3) is 0.353. The molecule has 1 amide bonds. The summed E-state index contributed by atoms with van der Waals surface area (Å²) in [7, 11) is 0. The molecule has 5 nitrogen and oxygen atoms in total. The van der Waals surface area contributed by atoms with Crippen molar-refractivity contribution < 1.29 is 14.1 Å².